The predicted octanol–water partition coefficient (Wildman–Crippen LogP) is 3.86. The molecular formula is C26H24N4O7. The normalized spacial score (nSPS) is 10.8. The van der Waals surface area contributed by atoms with Gasteiger partial charge in [0.2, 0.25) is 0 Å². The van der Waals surface area contributed by atoms with Crippen molar-refractivity contribution in [3.63, 3.8) is 0 Å². The third-order valence-electron chi connectivity index (χ3n) is 5.28. The lowest BCUT2D eigenvalue weighted by atomic mass is 10.1. The Kier molecular flexibility index (Phi) is 8.66. The number of carbonyl (C=O) groups is 3. The summed E-state index contributed by atoms with van der Waals surface area (Å²) in [5, 5.41) is 17.3. The number of non-ortho nitro benzene ring substituents is 1. The van der Waals surface area contributed by atoms with Crippen LogP contribution in [-0.4, -0.2) is 35.5 Å². The molecule has 0 fully saturated rings. The highest BCUT2D eigenvalue weighted by molar-refractivity contribution is 6.39. The first-order valence-electron chi connectivity index (χ1n) is 11.1. The summed E-state index contributed by atoms with van der Waals surface area (Å²) in [6.45, 7) is 3.55. The monoisotopic (exact) mass is 504 g/mol. The Hall–Kier alpha value is -5.06. The molecule has 11 nitrogen and oxygen atoms in total. The highest BCUT2D eigenvalue weighted by Crippen LogP contribution is 2.29. The van der Waals surface area contributed by atoms with E-state index in [1.165, 1.54) is 37.4 Å². The van der Waals surface area contributed by atoms with E-state index in [1.54, 1.807) is 31.2 Å². The standard InChI is InChI=1S/C26H24N4O7/c1-4-17-7-5-6-8-21(17)27-24(31)25(32)29-28-16(2)19-11-14-22(23(15-19)36-3)37-26(33)18-9-12-20(13-10-18)30(34)35/h5-15H,4H2,1-3H3,(H,27,31)(H,29,32). The van der Waals surface area contributed by atoms with Gasteiger partial charge in [-0.2, -0.15) is 5.10 Å². The molecule has 0 atom stereocenters. The molecule has 0 saturated heterocycles. The summed E-state index contributed by atoms with van der Waals surface area (Å²) < 4.78 is 10.7. The SMILES string of the molecule is CCc1ccccc1NC(=O)C(=O)NN=C(C)c1ccc(OC(=O)c2ccc([N+](=O)[O-])cc2)c(OC)c1. The van der Waals surface area contributed by atoms with E-state index in [0.29, 0.717) is 23.4 Å². The smallest absolute Gasteiger partial charge is 0.343 e. The number of para-hydroxylation sites is 1. The van der Waals surface area contributed by atoms with E-state index in [9.17, 15) is 24.5 Å². The van der Waals surface area contributed by atoms with Gasteiger partial charge in [-0.1, -0.05) is 25.1 Å². The van der Waals surface area contributed by atoms with Gasteiger partial charge in [0.15, 0.2) is 11.5 Å². The largest absolute Gasteiger partial charge is 0.493 e. The molecule has 0 aliphatic rings. The van der Waals surface area contributed by atoms with Crippen LogP contribution in [0.4, 0.5) is 11.4 Å². The number of benzene rings is 3. The molecular weight excluding hydrogens is 480 g/mol. The summed E-state index contributed by atoms with van der Waals surface area (Å²) in [7, 11) is 1.38. The summed E-state index contributed by atoms with van der Waals surface area (Å²) in [5.74, 6) is -2.20. The summed E-state index contributed by atoms with van der Waals surface area (Å²) in [6.07, 6.45) is 0.691. The number of nitro benzene ring substituents is 1. The third-order valence-corrected chi connectivity index (χ3v) is 5.28. The van der Waals surface area contributed by atoms with Gasteiger partial charge in [0, 0.05) is 23.4 Å². The van der Waals surface area contributed by atoms with E-state index in [1.807, 2.05) is 19.1 Å². The van der Waals surface area contributed by atoms with Gasteiger partial charge in [-0.05, 0) is 55.3 Å². The highest BCUT2D eigenvalue weighted by Gasteiger charge is 2.17. The number of hydrogen-bond donors (Lipinski definition) is 2. The molecule has 0 heterocycles. The summed E-state index contributed by atoms with van der Waals surface area (Å²) >= 11 is 0. The zero-order valence-corrected chi connectivity index (χ0v) is 20.3. The van der Waals surface area contributed by atoms with Crippen molar-refractivity contribution >= 4 is 34.9 Å². The van der Waals surface area contributed by atoms with E-state index in [-0.39, 0.29) is 22.7 Å². The van der Waals surface area contributed by atoms with Gasteiger partial charge >= 0.3 is 17.8 Å². The number of carbonyl (C=O) groups excluding carboxylic acids is 3. The van der Waals surface area contributed by atoms with Crippen LogP contribution < -0.4 is 20.2 Å². The van der Waals surface area contributed by atoms with Crippen LogP contribution in [0, 0.1) is 10.1 Å². The average molecular weight is 504 g/mol. The first-order valence-corrected chi connectivity index (χ1v) is 11.1. The quantitative estimate of drug-likeness (QED) is 0.118. The highest BCUT2D eigenvalue weighted by atomic mass is 16.6. The molecule has 3 aromatic carbocycles. The molecule has 3 aromatic rings. The maximum absolute atomic E-state index is 12.4. The number of hydrogen-bond acceptors (Lipinski definition) is 8. The lowest BCUT2D eigenvalue weighted by molar-refractivity contribution is -0.384. The average Bonchev–Trinajstić information content (AvgIpc) is 2.91. The van der Waals surface area contributed by atoms with Crippen LogP contribution in [0.5, 0.6) is 11.5 Å². The molecule has 2 amide bonds. The van der Waals surface area contributed by atoms with Crippen molar-refractivity contribution in [1.29, 1.82) is 0 Å². The first kappa shape index (κ1) is 26.5. The van der Waals surface area contributed by atoms with Crippen molar-refractivity contribution in [2.24, 2.45) is 5.10 Å². The van der Waals surface area contributed by atoms with Gasteiger partial charge in [0.25, 0.3) is 5.69 Å². The lowest BCUT2D eigenvalue weighted by Crippen LogP contribution is -2.33. The summed E-state index contributed by atoms with van der Waals surface area (Å²) in [6, 6.07) is 16.8. The number of hydrazone groups is 1. The van der Waals surface area contributed by atoms with Crippen LogP contribution in [0.2, 0.25) is 0 Å². The van der Waals surface area contributed by atoms with Crippen molar-refractivity contribution in [1.82, 2.24) is 5.43 Å². The molecule has 0 bridgehead atoms. The molecule has 0 aromatic heterocycles. The minimum atomic E-state index is -0.939. The van der Waals surface area contributed by atoms with E-state index >= 15 is 0 Å². The van der Waals surface area contributed by atoms with Gasteiger partial charge in [-0.25, -0.2) is 10.2 Å². The number of nitro groups is 1. The molecule has 0 aliphatic heterocycles. The zero-order valence-electron chi connectivity index (χ0n) is 20.3. The third kappa shape index (κ3) is 6.75. The molecule has 2 N–H and O–H groups in total. The predicted molar refractivity (Wildman–Crippen MR) is 136 cm³/mol. The Morgan fingerprint density at radius 1 is 0.946 bits per heavy atom. The Labute approximate surface area is 212 Å². The van der Waals surface area contributed by atoms with Crippen molar-refractivity contribution < 1.29 is 28.8 Å². The maximum Gasteiger partial charge on any atom is 0.343 e. The fourth-order valence-corrected chi connectivity index (χ4v) is 3.23. The molecule has 0 unspecified atom stereocenters. The van der Waals surface area contributed by atoms with Gasteiger partial charge in [-0.3, -0.25) is 19.7 Å². The fraction of sp³-hybridized carbons (Fsp3) is 0.154. The zero-order chi connectivity index (χ0) is 26.9. The molecule has 190 valence electrons. The van der Waals surface area contributed by atoms with Crippen molar-refractivity contribution in [3.05, 3.63) is 93.5 Å². The Balaban J connectivity index is 1.67. The second-order valence-corrected chi connectivity index (χ2v) is 7.66. The number of rotatable bonds is 8. The van der Waals surface area contributed by atoms with Gasteiger partial charge in [0.05, 0.1) is 23.3 Å². The van der Waals surface area contributed by atoms with Crippen LogP contribution in [0.1, 0.15) is 35.3 Å². The molecule has 11 heteroatoms. The van der Waals surface area contributed by atoms with E-state index < -0.39 is 22.7 Å². The van der Waals surface area contributed by atoms with E-state index in [0.717, 1.165) is 5.56 Å². The van der Waals surface area contributed by atoms with E-state index in [4.69, 9.17) is 9.47 Å². The Bertz CT molecular complexity index is 1370. The maximum atomic E-state index is 12.4. The number of nitrogens with one attached hydrogen (secondary N) is 2. The van der Waals surface area contributed by atoms with Crippen LogP contribution in [-0.2, 0) is 16.0 Å². The van der Waals surface area contributed by atoms with Crippen molar-refractivity contribution in [2.45, 2.75) is 20.3 Å². The molecule has 0 spiro atoms. The van der Waals surface area contributed by atoms with Crippen LogP contribution in [0.15, 0.2) is 71.8 Å². The molecule has 0 aliphatic carbocycles. The first-order chi connectivity index (χ1) is 17.7. The number of ether oxygens (including phenoxy) is 2. The van der Waals surface area contributed by atoms with Crippen LogP contribution >= 0.6 is 0 Å². The van der Waals surface area contributed by atoms with E-state index in [2.05, 4.69) is 15.8 Å². The molecule has 0 saturated carbocycles. The van der Waals surface area contributed by atoms with Crippen molar-refractivity contribution in [2.75, 3.05) is 12.4 Å². The van der Waals surface area contributed by atoms with Gasteiger partial charge in [0.1, 0.15) is 0 Å². The van der Waals surface area contributed by atoms with Crippen LogP contribution in [0.3, 0.4) is 0 Å². The Morgan fingerprint density at radius 3 is 2.27 bits per heavy atom. The lowest BCUT2D eigenvalue weighted by Gasteiger charge is -2.11. The molecule has 0 radical (unpaired) electrons. The summed E-state index contributed by atoms with van der Waals surface area (Å²) in [4.78, 5) is 47.1. The summed E-state index contributed by atoms with van der Waals surface area (Å²) in [5.41, 5.74) is 4.53. The fourth-order valence-electron chi connectivity index (χ4n) is 3.23. The minimum absolute atomic E-state index is 0.111. The number of esters is 1. The molecule has 3 rings (SSSR count). The van der Waals surface area contributed by atoms with Crippen molar-refractivity contribution in [3.8, 4) is 11.5 Å². The topological polar surface area (TPSA) is 149 Å². The number of nitrogens with zero attached hydrogens (tertiary/aromatic N) is 2. The number of amides is 2. The number of methoxy groups -OCH3 is 1. The number of anilines is 1. The second-order valence-electron chi connectivity index (χ2n) is 7.66. The Morgan fingerprint density at radius 2 is 1.62 bits per heavy atom. The minimum Gasteiger partial charge on any atom is -0.493 e. The van der Waals surface area contributed by atoms with Gasteiger partial charge in [-0.15, -0.1) is 0 Å². The van der Waals surface area contributed by atoms with Crippen LogP contribution in [0.25, 0.3) is 0 Å². The number of aryl methyl sites for hydroxylation is 1. The molecule has 37 heavy (non-hydrogen) atoms. The second kappa shape index (κ2) is 12.1. The van der Waals surface area contributed by atoms with Gasteiger partial charge < -0.3 is 14.8 Å².